The van der Waals surface area contributed by atoms with Gasteiger partial charge >= 0.3 is 0 Å². The van der Waals surface area contributed by atoms with E-state index >= 15 is 0 Å². The van der Waals surface area contributed by atoms with Gasteiger partial charge in [-0.3, -0.25) is 14.6 Å². The predicted molar refractivity (Wildman–Crippen MR) is 99.6 cm³/mol. The number of carbonyl (C=O) groups is 2. The zero-order chi connectivity index (χ0) is 18.1. The summed E-state index contributed by atoms with van der Waals surface area (Å²) in [7, 11) is 0. The Morgan fingerprint density at radius 1 is 1.00 bits per heavy atom. The molecule has 2 bridgehead atoms. The number of nitrogens with zero attached hydrogens (tertiary/aromatic N) is 1. The summed E-state index contributed by atoms with van der Waals surface area (Å²) in [6.07, 6.45) is 6.52. The van der Waals surface area contributed by atoms with E-state index in [9.17, 15) is 9.59 Å². The first-order valence-corrected chi connectivity index (χ1v) is 9.00. The molecule has 1 aromatic heterocycles. The van der Waals surface area contributed by atoms with Gasteiger partial charge < -0.3 is 16.4 Å². The second-order valence-electron chi connectivity index (χ2n) is 7.20. The van der Waals surface area contributed by atoms with Crippen molar-refractivity contribution >= 4 is 23.2 Å². The Morgan fingerprint density at radius 3 is 2.50 bits per heavy atom. The van der Waals surface area contributed by atoms with Crippen LogP contribution in [0.1, 0.15) is 29.6 Å². The number of nitrogens with two attached hydrogens (primary N) is 1. The van der Waals surface area contributed by atoms with Crippen LogP contribution in [0.2, 0.25) is 0 Å². The molecule has 1 heterocycles. The quantitative estimate of drug-likeness (QED) is 0.790. The van der Waals surface area contributed by atoms with Gasteiger partial charge in [-0.1, -0.05) is 6.07 Å². The van der Waals surface area contributed by atoms with E-state index in [0.717, 1.165) is 19.3 Å². The summed E-state index contributed by atoms with van der Waals surface area (Å²) in [5.74, 6) is 0.491. The lowest BCUT2D eigenvalue weighted by Gasteiger charge is -2.27. The highest BCUT2D eigenvalue weighted by molar-refractivity contribution is 6.05. The molecule has 2 aliphatic rings. The number of carbonyl (C=O) groups excluding carboxylic acids is 2. The first kappa shape index (κ1) is 16.7. The average Bonchev–Trinajstić information content (AvgIpc) is 3.24. The molecular weight excluding hydrogens is 328 g/mol. The van der Waals surface area contributed by atoms with E-state index in [0.29, 0.717) is 28.8 Å². The first-order valence-electron chi connectivity index (χ1n) is 9.00. The topological polar surface area (TPSA) is 97.1 Å². The van der Waals surface area contributed by atoms with Crippen LogP contribution in [-0.4, -0.2) is 22.8 Å². The van der Waals surface area contributed by atoms with Crippen molar-refractivity contribution in [3.8, 4) is 0 Å². The molecule has 2 aliphatic carbocycles. The molecule has 0 saturated heterocycles. The second-order valence-corrected chi connectivity index (χ2v) is 7.20. The van der Waals surface area contributed by atoms with Gasteiger partial charge in [-0.15, -0.1) is 0 Å². The van der Waals surface area contributed by atoms with E-state index in [2.05, 4.69) is 15.6 Å². The van der Waals surface area contributed by atoms with Crippen molar-refractivity contribution in [1.82, 2.24) is 4.98 Å². The highest BCUT2D eigenvalue weighted by Crippen LogP contribution is 2.47. The number of aromatic nitrogens is 1. The highest BCUT2D eigenvalue weighted by atomic mass is 16.2. The number of amides is 2. The number of benzene rings is 1. The summed E-state index contributed by atoms with van der Waals surface area (Å²) < 4.78 is 0. The third kappa shape index (κ3) is 3.20. The van der Waals surface area contributed by atoms with Gasteiger partial charge in [0, 0.05) is 35.4 Å². The molecule has 0 spiro atoms. The maximum atomic E-state index is 12.7. The fourth-order valence-corrected chi connectivity index (χ4v) is 4.33. The SMILES string of the molecule is NC1C2CCC(C2)C1C(=O)Nc1cccc(C(=O)Nc2ccncc2)c1. The molecule has 4 atom stereocenters. The molecular formula is C20H22N4O2. The number of pyridine rings is 1. The Labute approximate surface area is 152 Å². The van der Waals surface area contributed by atoms with E-state index in [-0.39, 0.29) is 23.8 Å². The lowest BCUT2D eigenvalue weighted by atomic mass is 9.84. The third-order valence-electron chi connectivity index (χ3n) is 5.61. The number of hydrogen-bond donors (Lipinski definition) is 3. The van der Waals surface area contributed by atoms with Crippen LogP contribution >= 0.6 is 0 Å². The molecule has 4 unspecified atom stereocenters. The molecule has 6 heteroatoms. The Morgan fingerprint density at radius 2 is 1.77 bits per heavy atom. The first-order chi connectivity index (χ1) is 12.6. The van der Waals surface area contributed by atoms with Gasteiger partial charge in [-0.05, 0) is 61.4 Å². The molecule has 4 N–H and O–H groups in total. The summed E-state index contributed by atoms with van der Waals surface area (Å²) in [4.78, 5) is 29.0. The van der Waals surface area contributed by atoms with Crippen LogP contribution in [0, 0.1) is 17.8 Å². The van der Waals surface area contributed by atoms with E-state index < -0.39 is 0 Å². The van der Waals surface area contributed by atoms with Crippen LogP contribution < -0.4 is 16.4 Å². The number of hydrogen-bond acceptors (Lipinski definition) is 4. The van der Waals surface area contributed by atoms with Gasteiger partial charge in [-0.2, -0.15) is 0 Å². The number of fused-ring (bicyclic) bond motifs is 2. The van der Waals surface area contributed by atoms with Gasteiger partial charge in [0.05, 0.1) is 5.92 Å². The van der Waals surface area contributed by atoms with Crippen molar-refractivity contribution in [1.29, 1.82) is 0 Å². The van der Waals surface area contributed by atoms with Crippen molar-refractivity contribution < 1.29 is 9.59 Å². The van der Waals surface area contributed by atoms with E-state index in [4.69, 9.17) is 5.73 Å². The van der Waals surface area contributed by atoms with Crippen LogP contribution in [0.4, 0.5) is 11.4 Å². The Balaban J connectivity index is 1.44. The second kappa shape index (κ2) is 6.88. The zero-order valence-electron chi connectivity index (χ0n) is 14.4. The van der Waals surface area contributed by atoms with Crippen molar-refractivity contribution in [2.24, 2.45) is 23.5 Å². The fourth-order valence-electron chi connectivity index (χ4n) is 4.33. The summed E-state index contributed by atoms with van der Waals surface area (Å²) in [6, 6.07) is 10.4. The van der Waals surface area contributed by atoms with Gasteiger partial charge in [-0.25, -0.2) is 0 Å². The van der Waals surface area contributed by atoms with E-state index in [1.54, 1.807) is 48.8 Å². The summed E-state index contributed by atoms with van der Waals surface area (Å²) in [5.41, 5.74) is 8.03. The van der Waals surface area contributed by atoms with Crippen molar-refractivity contribution in [2.75, 3.05) is 10.6 Å². The predicted octanol–water partition coefficient (Wildman–Crippen LogP) is 2.65. The summed E-state index contributed by atoms with van der Waals surface area (Å²) in [5, 5.41) is 5.76. The lowest BCUT2D eigenvalue weighted by molar-refractivity contribution is -0.121. The fraction of sp³-hybridized carbons (Fsp3) is 0.350. The highest BCUT2D eigenvalue weighted by Gasteiger charge is 2.49. The van der Waals surface area contributed by atoms with Crippen molar-refractivity contribution in [3.05, 3.63) is 54.4 Å². The number of rotatable bonds is 4. The van der Waals surface area contributed by atoms with Gasteiger partial charge in [0.25, 0.3) is 5.91 Å². The summed E-state index contributed by atoms with van der Waals surface area (Å²) >= 11 is 0. The normalized spacial score (nSPS) is 26.5. The van der Waals surface area contributed by atoms with Gasteiger partial charge in [0.2, 0.25) is 5.91 Å². The Hall–Kier alpha value is -2.73. The molecule has 4 rings (SSSR count). The molecule has 2 fully saturated rings. The molecule has 0 radical (unpaired) electrons. The number of anilines is 2. The maximum Gasteiger partial charge on any atom is 0.255 e. The molecule has 2 amide bonds. The molecule has 2 aromatic rings. The van der Waals surface area contributed by atoms with Crippen LogP contribution in [0.15, 0.2) is 48.8 Å². The lowest BCUT2D eigenvalue weighted by Crippen LogP contribution is -2.42. The van der Waals surface area contributed by atoms with Crippen LogP contribution in [0.3, 0.4) is 0 Å². The largest absolute Gasteiger partial charge is 0.327 e. The molecule has 2 saturated carbocycles. The Bertz CT molecular complexity index is 822. The third-order valence-corrected chi connectivity index (χ3v) is 5.61. The van der Waals surface area contributed by atoms with Gasteiger partial charge in [0.1, 0.15) is 0 Å². The monoisotopic (exact) mass is 350 g/mol. The molecule has 1 aromatic carbocycles. The molecule has 134 valence electrons. The minimum absolute atomic E-state index is 0.0311. The van der Waals surface area contributed by atoms with Crippen molar-refractivity contribution in [3.63, 3.8) is 0 Å². The minimum atomic E-state index is -0.232. The molecule has 6 nitrogen and oxygen atoms in total. The number of nitrogens with one attached hydrogen (secondary N) is 2. The average molecular weight is 350 g/mol. The van der Waals surface area contributed by atoms with Crippen LogP contribution in [0.25, 0.3) is 0 Å². The maximum absolute atomic E-state index is 12.7. The molecule has 0 aliphatic heterocycles. The van der Waals surface area contributed by atoms with Gasteiger partial charge in [0.15, 0.2) is 0 Å². The zero-order valence-corrected chi connectivity index (χ0v) is 14.4. The van der Waals surface area contributed by atoms with E-state index in [1.165, 1.54) is 0 Å². The Kier molecular flexibility index (Phi) is 4.42. The minimum Gasteiger partial charge on any atom is -0.327 e. The van der Waals surface area contributed by atoms with Crippen LogP contribution in [-0.2, 0) is 4.79 Å². The van der Waals surface area contributed by atoms with Crippen LogP contribution in [0.5, 0.6) is 0 Å². The molecule has 26 heavy (non-hydrogen) atoms. The van der Waals surface area contributed by atoms with Crippen molar-refractivity contribution in [2.45, 2.75) is 25.3 Å². The smallest absolute Gasteiger partial charge is 0.255 e. The summed E-state index contributed by atoms with van der Waals surface area (Å²) in [6.45, 7) is 0. The van der Waals surface area contributed by atoms with E-state index in [1.807, 2.05) is 0 Å². The standard InChI is InChI=1S/C20H22N4O2/c21-18-13-5-4-12(10-13)17(18)20(26)24-16-3-1-2-14(11-16)19(25)23-15-6-8-22-9-7-15/h1-3,6-9,11-13,17-18H,4-5,10,21H2,(H,24,26)(H,22,23,25).